The molecular weight excluding hydrogens is 238 g/mol. The fourth-order valence-electron chi connectivity index (χ4n) is 1.67. The fraction of sp³-hybridized carbons (Fsp3) is 0.0625. The van der Waals surface area contributed by atoms with E-state index in [9.17, 15) is 4.79 Å². The lowest BCUT2D eigenvalue weighted by molar-refractivity contribution is -0.111. The van der Waals surface area contributed by atoms with E-state index in [-0.39, 0.29) is 5.91 Å². The number of nitrogens with one attached hydrogen (secondary N) is 1. The number of para-hydroxylation sites is 1. The lowest BCUT2D eigenvalue weighted by atomic mass is 10.1. The molecule has 19 heavy (non-hydrogen) atoms. The van der Waals surface area contributed by atoms with Gasteiger partial charge in [-0.05, 0) is 29.8 Å². The molecule has 1 amide bonds. The molecule has 0 saturated heterocycles. The molecule has 0 bridgehead atoms. The Labute approximate surface area is 112 Å². The van der Waals surface area contributed by atoms with Gasteiger partial charge in [0.25, 0.3) is 5.91 Å². The van der Waals surface area contributed by atoms with E-state index in [1.54, 1.807) is 13.2 Å². The van der Waals surface area contributed by atoms with Crippen LogP contribution in [-0.2, 0) is 4.79 Å². The van der Waals surface area contributed by atoms with Crippen LogP contribution in [0.2, 0.25) is 0 Å². The quantitative estimate of drug-likeness (QED) is 0.849. The summed E-state index contributed by atoms with van der Waals surface area (Å²) in [6.45, 7) is 3.83. The Kier molecular flexibility index (Phi) is 3.98. The Morgan fingerprint density at radius 3 is 2.53 bits per heavy atom. The van der Waals surface area contributed by atoms with Gasteiger partial charge in [0.15, 0.2) is 0 Å². The van der Waals surface area contributed by atoms with Crippen molar-refractivity contribution in [1.82, 2.24) is 0 Å². The van der Waals surface area contributed by atoms with Crippen molar-refractivity contribution < 1.29 is 9.53 Å². The monoisotopic (exact) mass is 253 g/mol. The minimum atomic E-state index is -0.223. The van der Waals surface area contributed by atoms with Gasteiger partial charge in [0.05, 0.1) is 7.11 Å². The number of anilines is 1. The molecule has 1 N–H and O–H groups in total. The average molecular weight is 253 g/mol. The number of hydrogen-bond acceptors (Lipinski definition) is 2. The predicted molar refractivity (Wildman–Crippen MR) is 77.1 cm³/mol. The van der Waals surface area contributed by atoms with Crippen molar-refractivity contribution in [2.24, 2.45) is 0 Å². The summed E-state index contributed by atoms with van der Waals surface area (Å²) >= 11 is 0. The molecule has 0 heterocycles. The molecule has 2 aromatic rings. The summed E-state index contributed by atoms with van der Waals surface area (Å²) in [6.07, 6.45) is 0. The second kappa shape index (κ2) is 5.87. The van der Waals surface area contributed by atoms with Crippen molar-refractivity contribution in [2.75, 3.05) is 12.4 Å². The highest BCUT2D eigenvalue weighted by Gasteiger charge is 2.10. The van der Waals surface area contributed by atoms with Crippen molar-refractivity contribution in [3.8, 4) is 5.75 Å². The summed E-state index contributed by atoms with van der Waals surface area (Å²) in [5, 5.41) is 2.80. The summed E-state index contributed by atoms with van der Waals surface area (Å²) in [5.74, 6) is 0.477. The normalized spacial score (nSPS) is 9.74. The molecule has 0 unspecified atom stereocenters. The first-order chi connectivity index (χ1) is 9.20. The molecule has 0 spiro atoms. The summed E-state index contributed by atoms with van der Waals surface area (Å²) in [4.78, 5) is 12.1. The summed E-state index contributed by atoms with van der Waals surface area (Å²) in [6, 6.07) is 16.6. The number of hydrogen-bond donors (Lipinski definition) is 1. The van der Waals surface area contributed by atoms with E-state index >= 15 is 0 Å². The summed E-state index contributed by atoms with van der Waals surface area (Å²) in [5.41, 5.74) is 1.90. The van der Waals surface area contributed by atoms with Crippen LogP contribution in [0.5, 0.6) is 5.75 Å². The number of carbonyl (C=O) groups is 1. The molecule has 0 aliphatic heterocycles. The van der Waals surface area contributed by atoms with Gasteiger partial charge in [-0.3, -0.25) is 4.79 Å². The fourth-order valence-corrected chi connectivity index (χ4v) is 1.67. The van der Waals surface area contributed by atoms with Crippen LogP contribution in [0.4, 0.5) is 5.69 Å². The van der Waals surface area contributed by atoms with Gasteiger partial charge >= 0.3 is 0 Å². The number of amides is 1. The number of benzene rings is 2. The maximum Gasteiger partial charge on any atom is 0.255 e. The zero-order valence-electron chi connectivity index (χ0n) is 10.7. The summed E-state index contributed by atoms with van der Waals surface area (Å²) < 4.78 is 5.13. The first-order valence-corrected chi connectivity index (χ1v) is 5.90. The van der Waals surface area contributed by atoms with Crippen molar-refractivity contribution in [1.29, 1.82) is 0 Å². The van der Waals surface area contributed by atoms with Crippen LogP contribution in [0.1, 0.15) is 5.56 Å². The first kappa shape index (κ1) is 12.9. The van der Waals surface area contributed by atoms with Crippen LogP contribution in [0.25, 0.3) is 5.57 Å². The largest absolute Gasteiger partial charge is 0.497 e. The van der Waals surface area contributed by atoms with Gasteiger partial charge in [-0.1, -0.05) is 36.9 Å². The van der Waals surface area contributed by atoms with E-state index < -0.39 is 0 Å². The SMILES string of the molecule is C=C(C(=O)Nc1ccccc1)c1cccc(OC)c1. The molecule has 3 heteroatoms. The van der Waals surface area contributed by atoms with E-state index in [0.29, 0.717) is 11.3 Å². The van der Waals surface area contributed by atoms with Gasteiger partial charge in [0.2, 0.25) is 0 Å². The Bertz CT molecular complexity index is 591. The Morgan fingerprint density at radius 2 is 1.84 bits per heavy atom. The molecule has 0 radical (unpaired) electrons. The predicted octanol–water partition coefficient (Wildman–Crippen LogP) is 3.35. The molecule has 0 atom stereocenters. The smallest absolute Gasteiger partial charge is 0.255 e. The number of ether oxygens (including phenoxy) is 1. The minimum Gasteiger partial charge on any atom is -0.497 e. The van der Waals surface area contributed by atoms with Crippen LogP contribution >= 0.6 is 0 Å². The molecule has 2 rings (SSSR count). The maximum absolute atomic E-state index is 12.1. The third-order valence-corrected chi connectivity index (χ3v) is 2.72. The van der Waals surface area contributed by atoms with E-state index in [1.165, 1.54) is 0 Å². The van der Waals surface area contributed by atoms with Gasteiger partial charge in [0.1, 0.15) is 5.75 Å². The van der Waals surface area contributed by atoms with Crippen LogP contribution < -0.4 is 10.1 Å². The van der Waals surface area contributed by atoms with Crippen LogP contribution in [0, 0.1) is 0 Å². The second-order valence-electron chi connectivity index (χ2n) is 4.03. The standard InChI is InChI=1S/C16H15NO2/c1-12(13-7-6-10-15(11-13)19-2)16(18)17-14-8-4-3-5-9-14/h3-11H,1H2,2H3,(H,17,18). The average Bonchev–Trinajstić information content (AvgIpc) is 2.47. The zero-order valence-corrected chi connectivity index (χ0v) is 10.7. The molecule has 0 aliphatic rings. The van der Waals surface area contributed by atoms with E-state index in [0.717, 1.165) is 11.3 Å². The highest BCUT2D eigenvalue weighted by molar-refractivity contribution is 6.24. The Balaban J connectivity index is 2.13. The van der Waals surface area contributed by atoms with Gasteiger partial charge in [-0.15, -0.1) is 0 Å². The third kappa shape index (κ3) is 3.22. The maximum atomic E-state index is 12.1. The minimum absolute atomic E-state index is 0.223. The highest BCUT2D eigenvalue weighted by Crippen LogP contribution is 2.20. The lowest BCUT2D eigenvalue weighted by Crippen LogP contribution is -2.12. The van der Waals surface area contributed by atoms with Gasteiger partial charge < -0.3 is 10.1 Å². The third-order valence-electron chi connectivity index (χ3n) is 2.72. The topological polar surface area (TPSA) is 38.3 Å². The van der Waals surface area contributed by atoms with Crippen molar-refractivity contribution >= 4 is 17.2 Å². The van der Waals surface area contributed by atoms with Crippen LogP contribution in [-0.4, -0.2) is 13.0 Å². The van der Waals surface area contributed by atoms with E-state index in [2.05, 4.69) is 11.9 Å². The summed E-state index contributed by atoms with van der Waals surface area (Å²) in [7, 11) is 1.59. The van der Waals surface area contributed by atoms with E-state index in [4.69, 9.17) is 4.74 Å². The number of rotatable bonds is 4. The molecule has 0 aliphatic carbocycles. The number of methoxy groups -OCH3 is 1. The number of carbonyl (C=O) groups excluding carboxylic acids is 1. The molecule has 96 valence electrons. The van der Waals surface area contributed by atoms with Gasteiger partial charge in [-0.25, -0.2) is 0 Å². The first-order valence-electron chi connectivity index (χ1n) is 5.90. The van der Waals surface area contributed by atoms with Crippen LogP contribution in [0.15, 0.2) is 61.2 Å². The Hall–Kier alpha value is -2.55. The molecule has 0 aromatic heterocycles. The second-order valence-corrected chi connectivity index (χ2v) is 4.03. The van der Waals surface area contributed by atoms with Crippen molar-refractivity contribution in [3.05, 3.63) is 66.7 Å². The molecule has 0 fully saturated rings. The van der Waals surface area contributed by atoms with Crippen LogP contribution in [0.3, 0.4) is 0 Å². The highest BCUT2D eigenvalue weighted by atomic mass is 16.5. The molecular formula is C16H15NO2. The van der Waals surface area contributed by atoms with E-state index in [1.807, 2.05) is 48.5 Å². The van der Waals surface area contributed by atoms with Crippen molar-refractivity contribution in [2.45, 2.75) is 0 Å². The molecule has 3 nitrogen and oxygen atoms in total. The molecule has 0 saturated carbocycles. The van der Waals surface area contributed by atoms with Gasteiger partial charge in [0, 0.05) is 11.3 Å². The van der Waals surface area contributed by atoms with Gasteiger partial charge in [-0.2, -0.15) is 0 Å². The molecule has 2 aromatic carbocycles. The lowest BCUT2D eigenvalue weighted by Gasteiger charge is -2.09. The zero-order chi connectivity index (χ0) is 13.7. The Morgan fingerprint density at radius 1 is 1.11 bits per heavy atom. The van der Waals surface area contributed by atoms with Crippen molar-refractivity contribution in [3.63, 3.8) is 0 Å².